The van der Waals surface area contributed by atoms with Crippen molar-refractivity contribution in [2.75, 3.05) is 0 Å². The molecule has 3 N–H and O–H groups in total. The largest absolute Gasteiger partial charge is 0.480 e. The van der Waals surface area contributed by atoms with E-state index in [0.29, 0.717) is 6.42 Å². The van der Waals surface area contributed by atoms with E-state index < -0.39 is 12.0 Å². The average molecular weight is 143 g/mol. The number of carboxylic acids is 1. The van der Waals surface area contributed by atoms with Gasteiger partial charge < -0.3 is 10.8 Å². The number of hydrogen-bond donors (Lipinski definition) is 2. The van der Waals surface area contributed by atoms with Crippen LogP contribution in [0.25, 0.3) is 0 Å². The molecule has 3 heteroatoms. The first-order valence-corrected chi connectivity index (χ1v) is 3.27. The predicted molar refractivity (Wildman–Crippen MR) is 39.7 cm³/mol. The molecule has 0 saturated heterocycles. The summed E-state index contributed by atoms with van der Waals surface area (Å²) >= 11 is 0. The number of aliphatic carboxylic acids is 1. The van der Waals surface area contributed by atoms with Gasteiger partial charge in [0.05, 0.1) is 0 Å². The summed E-state index contributed by atoms with van der Waals surface area (Å²) in [6.45, 7) is 3.51. The lowest BCUT2D eigenvalue weighted by molar-refractivity contribution is -0.138. The highest BCUT2D eigenvalue weighted by Gasteiger charge is 2.08. The van der Waals surface area contributed by atoms with E-state index in [0.717, 1.165) is 12.8 Å². The zero-order chi connectivity index (χ0) is 7.98. The van der Waals surface area contributed by atoms with E-state index in [4.69, 9.17) is 10.8 Å². The molecule has 0 aliphatic heterocycles. The van der Waals surface area contributed by atoms with Gasteiger partial charge in [-0.15, -0.1) is 6.58 Å². The van der Waals surface area contributed by atoms with Gasteiger partial charge in [-0.25, -0.2) is 0 Å². The molecule has 0 radical (unpaired) electrons. The topological polar surface area (TPSA) is 63.3 Å². The summed E-state index contributed by atoms with van der Waals surface area (Å²) in [6, 6.07) is -0.708. The van der Waals surface area contributed by atoms with Crippen molar-refractivity contribution in [2.24, 2.45) is 5.73 Å². The number of hydrogen-bond acceptors (Lipinski definition) is 2. The van der Waals surface area contributed by atoms with Gasteiger partial charge in [0.25, 0.3) is 0 Å². The minimum atomic E-state index is -0.927. The molecule has 0 heterocycles. The van der Waals surface area contributed by atoms with Crippen molar-refractivity contribution >= 4 is 5.97 Å². The molecular formula is C7H13NO2. The zero-order valence-corrected chi connectivity index (χ0v) is 5.92. The molecular weight excluding hydrogens is 130 g/mol. The molecule has 0 saturated carbocycles. The van der Waals surface area contributed by atoms with Gasteiger partial charge in [-0.2, -0.15) is 0 Å². The van der Waals surface area contributed by atoms with E-state index in [1.807, 2.05) is 0 Å². The van der Waals surface area contributed by atoms with E-state index in [-0.39, 0.29) is 0 Å². The van der Waals surface area contributed by atoms with Crippen LogP contribution in [-0.4, -0.2) is 17.1 Å². The van der Waals surface area contributed by atoms with E-state index in [9.17, 15) is 4.79 Å². The van der Waals surface area contributed by atoms with E-state index >= 15 is 0 Å². The average Bonchev–Trinajstić information content (AvgIpc) is 1.88. The van der Waals surface area contributed by atoms with Crippen LogP contribution in [-0.2, 0) is 4.79 Å². The van der Waals surface area contributed by atoms with Crippen LogP contribution in [0.5, 0.6) is 0 Å². The van der Waals surface area contributed by atoms with Crippen LogP contribution < -0.4 is 5.73 Å². The van der Waals surface area contributed by atoms with Gasteiger partial charge in [-0.1, -0.05) is 6.08 Å². The van der Waals surface area contributed by atoms with Crippen LogP contribution in [0, 0.1) is 0 Å². The van der Waals surface area contributed by atoms with Crippen LogP contribution in [0.4, 0.5) is 0 Å². The van der Waals surface area contributed by atoms with E-state index in [1.54, 1.807) is 6.08 Å². The van der Waals surface area contributed by atoms with Crippen LogP contribution in [0.1, 0.15) is 19.3 Å². The summed E-state index contributed by atoms with van der Waals surface area (Å²) in [7, 11) is 0. The van der Waals surface area contributed by atoms with E-state index in [1.165, 1.54) is 0 Å². The highest BCUT2D eigenvalue weighted by atomic mass is 16.4. The molecule has 58 valence electrons. The van der Waals surface area contributed by atoms with Gasteiger partial charge in [0.15, 0.2) is 0 Å². The molecule has 0 rings (SSSR count). The number of unbranched alkanes of at least 4 members (excludes halogenated alkanes) is 1. The lowest BCUT2D eigenvalue weighted by Crippen LogP contribution is -2.29. The lowest BCUT2D eigenvalue weighted by atomic mass is 10.1. The third-order valence-electron chi connectivity index (χ3n) is 1.24. The fraction of sp³-hybridized carbons (Fsp3) is 0.571. The molecule has 10 heavy (non-hydrogen) atoms. The molecule has 3 nitrogen and oxygen atoms in total. The van der Waals surface area contributed by atoms with Crippen molar-refractivity contribution in [3.8, 4) is 0 Å². The Labute approximate surface area is 60.5 Å². The third kappa shape index (κ3) is 4.09. The highest BCUT2D eigenvalue weighted by molar-refractivity contribution is 5.72. The third-order valence-corrected chi connectivity index (χ3v) is 1.24. The van der Waals surface area contributed by atoms with Crippen molar-refractivity contribution in [3.05, 3.63) is 12.7 Å². The summed E-state index contributed by atoms with van der Waals surface area (Å²) < 4.78 is 0. The van der Waals surface area contributed by atoms with Crippen molar-refractivity contribution in [2.45, 2.75) is 25.3 Å². The van der Waals surface area contributed by atoms with Gasteiger partial charge in [-0.05, 0) is 19.3 Å². The van der Waals surface area contributed by atoms with Crippen molar-refractivity contribution < 1.29 is 9.90 Å². The Balaban J connectivity index is 3.30. The first-order chi connectivity index (χ1) is 4.68. The standard InChI is InChI=1S/C7H13NO2/c1-2-3-4-5-6(8)7(9)10/h2,6H,1,3-5,8H2,(H,9,10). The van der Waals surface area contributed by atoms with Gasteiger partial charge in [0, 0.05) is 0 Å². The maximum Gasteiger partial charge on any atom is 0.320 e. The number of allylic oxidation sites excluding steroid dienone is 1. The quantitative estimate of drug-likeness (QED) is 0.441. The fourth-order valence-electron chi connectivity index (χ4n) is 0.606. The van der Waals surface area contributed by atoms with Crippen molar-refractivity contribution in [1.82, 2.24) is 0 Å². The molecule has 1 unspecified atom stereocenters. The Hall–Kier alpha value is -0.830. The minimum absolute atomic E-state index is 0.529. The Morgan fingerprint density at radius 1 is 1.80 bits per heavy atom. The normalized spacial score (nSPS) is 12.5. The zero-order valence-electron chi connectivity index (χ0n) is 5.92. The molecule has 0 aromatic heterocycles. The first-order valence-electron chi connectivity index (χ1n) is 3.27. The van der Waals surface area contributed by atoms with E-state index in [2.05, 4.69) is 6.58 Å². The molecule has 1 atom stereocenters. The molecule has 0 spiro atoms. The van der Waals surface area contributed by atoms with Gasteiger partial charge >= 0.3 is 5.97 Å². The Bertz CT molecular complexity index is 123. The smallest absolute Gasteiger partial charge is 0.320 e. The van der Waals surface area contributed by atoms with Crippen LogP contribution in [0.2, 0.25) is 0 Å². The molecule has 0 aliphatic carbocycles. The van der Waals surface area contributed by atoms with Crippen molar-refractivity contribution in [3.63, 3.8) is 0 Å². The van der Waals surface area contributed by atoms with Crippen LogP contribution >= 0.6 is 0 Å². The number of rotatable bonds is 5. The Morgan fingerprint density at radius 2 is 2.40 bits per heavy atom. The van der Waals surface area contributed by atoms with Gasteiger partial charge in [0.2, 0.25) is 0 Å². The summed E-state index contributed by atoms with van der Waals surface area (Å²) in [5, 5.41) is 8.33. The number of carboxylic acid groups (broad SMARTS) is 1. The molecule has 0 bridgehead atoms. The Kier molecular flexibility index (Phi) is 4.58. The van der Waals surface area contributed by atoms with Gasteiger partial charge in [0.1, 0.15) is 6.04 Å². The highest BCUT2D eigenvalue weighted by Crippen LogP contribution is 1.98. The molecule has 0 aromatic rings. The summed E-state index contributed by atoms with van der Waals surface area (Å²) in [6.07, 6.45) is 3.92. The second kappa shape index (κ2) is 4.99. The first kappa shape index (κ1) is 9.17. The molecule has 0 fully saturated rings. The summed E-state index contributed by atoms with van der Waals surface area (Å²) in [4.78, 5) is 10.1. The molecule has 0 aromatic carbocycles. The molecule has 0 amide bonds. The van der Waals surface area contributed by atoms with Gasteiger partial charge in [-0.3, -0.25) is 4.79 Å². The Morgan fingerprint density at radius 3 is 2.80 bits per heavy atom. The number of carbonyl (C=O) groups is 1. The van der Waals surface area contributed by atoms with Crippen LogP contribution in [0.15, 0.2) is 12.7 Å². The fourth-order valence-corrected chi connectivity index (χ4v) is 0.606. The number of nitrogens with two attached hydrogens (primary N) is 1. The monoisotopic (exact) mass is 143 g/mol. The SMILES string of the molecule is C=CCCCC(N)C(=O)O. The molecule has 0 aliphatic rings. The maximum atomic E-state index is 10.1. The predicted octanol–water partition coefficient (Wildman–Crippen LogP) is 0.755. The van der Waals surface area contributed by atoms with Crippen molar-refractivity contribution in [1.29, 1.82) is 0 Å². The lowest BCUT2D eigenvalue weighted by Gasteiger charge is -2.02. The summed E-state index contributed by atoms with van der Waals surface area (Å²) in [5.74, 6) is -0.927. The minimum Gasteiger partial charge on any atom is -0.480 e. The second-order valence-electron chi connectivity index (χ2n) is 2.16. The second-order valence-corrected chi connectivity index (χ2v) is 2.16. The van der Waals surface area contributed by atoms with Crippen LogP contribution in [0.3, 0.4) is 0 Å². The summed E-state index contributed by atoms with van der Waals surface area (Å²) in [5.41, 5.74) is 5.22. The maximum absolute atomic E-state index is 10.1.